The van der Waals surface area contributed by atoms with E-state index in [0.29, 0.717) is 5.15 Å². The molecular formula is C14H19ClN4S. The van der Waals surface area contributed by atoms with E-state index in [0.717, 1.165) is 36.1 Å². The second-order valence-corrected chi connectivity index (χ2v) is 5.88. The number of thiazole rings is 1. The number of rotatable bonds is 6. The van der Waals surface area contributed by atoms with E-state index in [1.165, 1.54) is 4.88 Å². The van der Waals surface area contributed by atoms with Crippen LogP contribution in [0.5, 0.6) is 0 Å². The maximum Gasteiger partial charge on any atom is 0.185 e. The summed E-state index contributed by atoms with van der Waals surface area (Å²) in [7, 11) is 0. The van der Waals surface area contributed by atoms with Crippen molar-refractivity contribution in [3.05, 3.63) is 34.1 Å². The van der Waals surface area contributed by atoms with Gasteiger partial charge in [-0.15, -0.1) is 11.3 Å². The van der Waals surface area contributed by atoms with Gasteiger partial charge < -0.3 is 10.2 Å². The molecular weight excluding hydrogens is 292 g/mol. The summed E-state index contributed by atoms with van der Waals surface area (Å²) in [4.78, 5) is 12.2. The summed E-state index contributed by atoms with van der Waals surface area (Å²) < 4.78 is 0. The van der Waals surface area contributed by atoms with Gasteiger partial charge in [0.2, 0.25) is 0 Å². The Morgan fingerprint density at radius 2 is 2.05 bits per heavy atom. The van der Waals surface area contributed by atoms with Gasteiger partial charge in [0.15, 0.2) is 5.13 Å². The summed E-state index contributed by atoms with van der Waals surface area (Å²) in [5.74, 6) is 0. The molecule has 0 saturated heterocycles. The third-order valence-corrected chi connectivity index (χ3v) is 4.35. The summed E-state index contributed by atoms with van der Waals surface area (Å²) in [5.41, 5.74) is 1.91. The Morgan fingerprint density at radius 1 is 1.30 bits per heavy atom. The van der Waals surface area contributed by atoms with Crippen molar-refractivity contribution in [3.63, 3.8) is 0 Å². The van der Waals surface area contributed by atoms with Crippen molar-refractivity contribution in [1.82, 2.24) is 9.97 Å². The largest absolute Gasteiger partial charge is 0.379 e. The SMILES string of the molecule is CCN(CC)c1ncc(CNc2ccc(Cl)nc2C)s1. The Balaban J connectivity index is 2.00. The van der Waals surface area contributed by atoms with Crippen molar-refractivity contribution < 1.29 is 0 Å². The molecule has 0 aliphatic rings. The topological polar surface area (TPSA) is 41.1 Å². The predicted octanol–water partition coefficient (Wildman–Crippen LogP) is 3.96. The first-order chi connectivity index (χ1) is 9.63. The van der Waals surface area contributed by atoms with Gasteiger partial charge in [0.25, 0.3) is 0 Å². The van der Waals surface area contributed by atoms with E-state index in [4.69, 9.17) is 11.6 Å². The molecule has 0 saturated carbocycles. The molecule has 6 heteroatoms. The highest BCUT2D eigenvalue weighted by molar-refractivity contribution is 7.15. The van der Waals surface area contributed by atoms with Crippen molar-refractivity contribution in [3.8, 4) is 0 Å². The lowest BCUT2D eigenvalue weighted by Gasteiger charge is -2.16. The maximum atomic E-state index is 5.85. The number of nitrogens with one attached hydrogen (secondary N) is 1. The zero-order chi connectivity index (χ0) is 14.5. The number of anilines is 2. The average Bonchev–Trinajstić information content (AvgIpc) is 2.88. The number of aromatic nitrogens is 2. The van der Waals surface area contributed by atoms with Gasteiger partial charge in [-0.1, -0.05) is 11.6 Å². The molecule has 4 nitrogen and oxygen atoms in total. The number of hydrogen-bond donors (Lipinski definition) is 1. The molecule has 2 aromatic heterocycles. The quantitative estimate of drug-likeness (QED) is 0.820. The molecule has 0 amide bonds. The lowest BCUT2D eigenvalue weighted by Crippen LogP contribution is -2.21. The van der Waals surface area contributed by atoms with Crippen LogP contribution in [0.3, 0.4) is 0 Å². The van der Waals surface area contributed by atoms with Crippen molar-refractivity contribution in [2.24, 2.45) is 0 Å². The fourth-order valence-corrected chi connectivity index (χ4v) is 3.09. The molecule has 20 heavy (non-hydrogen) atoms. The van der Waals surface area contributed by atoms with E-state index in [1.807, 2.05) is 19.2 Å². The van der Waals surface area contributed by atoms with Crippen LogP contribution in [-0.2, 0) is 6.54 Å². The molecule has 2 aromatic rings. The second kappa shape index (κ2) is 6.90. The summed E-state index contributed by atoms with van der Waals surface area (Å²) in [6, 6.07) is 3.75. The molecule has 108 valence electrons. The fraction of sp³-hybridized carbons (Fsp3) is 0.429. The number of halogens is 1. The molecule has 0 bridgehead atoms. The average molecular weight is 311 g/mol. The predicted molar refractivity (Wildman–Crippen MR) is 87.0 cm³/mol. The number of pyridine rings is 1. The minimum atomic E-state index is 0.523. The smallest absolute Gasteiger partial charge is 0.185 e. The van der Waals surface area contributed by atoms with E-state index in [2.05, 4.69) is 34.0 Å². The number of nitrogens with zero attached hydrogens (tertiary/aromatic N) is 3. The van der Waals surface area contributed by atoms with Crippen LogP contribution in [-0.4, -0.2) is 23.1 Å². The van der Waals surface area contributed by atoms with Crippen LogP contribution >= 0.6 is 22.9 Å². The first-order valence-electron chi connectivity index (χ1n) is 6.70. The molecule has 0 atom stereocenters. The third-order valence-electron chi connectivity index (χ3n) is 3.08. The number of hydrogen-bond acceptors (Lipinski definition) is 5. The fourth-order valence-electron chi connectivity index (χ4n) is 1.92. The standard InChI is InChI=1S/C14H19ClN4S/c1-4-19(5-2)14-17-9-11(20-14)8-16-12-6-7-13(15)18-10(12)3/h6-7,9,16H,4-5,8H2,1-3H3. The van der Waals surface area contributed by atoms with Crippen molar-refractivity contribution >= 4 is 33.8 Å². The molecule has 0 radical (unpaired) electrons. The molecule has 0 aliphatic carbocycles. The van der Waals surface area contributed by atoms with Crippen LogP contribution in [0, 0.1) is 6.92 Å². The van der Waals surface area contributed by atoms with Gasteiger partial charge in [0.05, 0.1) is 17.9 Å². The van der Waals surface area contributed by atoms with E-state index >= 15 is 0 Å². The van der Waals surface area contributed by atoms with Crippen molar-refractivity contribution in [2.75, 3.05) is 23.3 Å². The van der Waals surface area contributed by atoms with Crippen LogP contribution in [0.15, 0.2) is 18.3 Å². The van der Waals surface area contributed by atoms with Gasteiger partial charge in [-0.25, -0.2) is 9.97 Å². The van der Waals surface area contributed by atoms with E-state index in [1.54, 1.807) is 17.4 Å². The lowest BCUT2D eigenvalue weighted by atomic mass is 10.3. The van der Waals surface area contributed by atoms with Gasteiger partial charge >= 0.3 is 0 Å². The molecule has 0 aromatic carbocycles. The summed E-state index contributed by atoms with van der Waals surface area (Å²) in [6.07, 6.45) is 1.93. The van der Waals surface area contributed by atoms with Gasteiger partial charge in [-0.3, -0.25) is 0 Å². The highest BCUT2D eigenvalue weighted by Crippen LogP contribution is 2.24. The van der Waals surface area contributed by atoms with E-state index in [-0.39, 0.29) is 0 Å². The van der Waals surface area contributed by atoms with Crippen molar-refractivity contribution in [2.45, 2.75) is 27.3 Å². The molecule has 2 heterocycles. The van der Waals surface area contributed by atoms with Crippen LogP contribution in [0.2, 0.25) is 5.15 Å². The van der Waals surface area contributed by atoms with Gasteiger partial charge in [-0.2, -0.15) is 0 Å². The molecule has 0 fully saturated rings. The molecule has 1 N–H and O–H groups in total. The Hall–Kier alpha value is -1.33. The molecule has 0 spiro atoms. The zero-order valence-electron chi connectivity index (χ0n) is 12.0. The van der Waals surface area contributed by atoms with Crippen LogP contribution in [0.1, 0.15) is 24.4 Å². The Labute approximate surface area is 128 Å². The summed E-state index contributed by atoms with van der Waals surface area (Å²) >= 11 is 7.58. The third kappa shape index (κ3) is 3.61. The van der Waals surface area contributed by atoms with E-state index < -0.39 is 0 Å². The molecule has 0 unspecified atom stereocenters. The van der Waals surface area contributed by atoms with Gasteiger partial charge in [0, 0.05) is 24.2 Å². The normalized spacial score (nSPS) is 10.6. The van der Waals surface area contributed by atoms with Crippen LogP contribution in [0.25, 0.3) is 0 Å². The highest BCUT2D eigenvalue weighted by atomic mass is 35.5. The second-order valence-electron chi connectivity index (χ2n) is 4.40. The van der Waals surface area contributed by atoms with E-state index in [9.17, 15) is 0 Å². The Bertz CT molecular complexity index is 566. The first kappa shape index (κ1) is 15.1. The highest BCUT2D eigenvalue weighted by Gasteiger charge is 2.08. The summed E-state index contributed by atoms with van der Waals surface area (Å²) in [5, 5.41) is 4.98. The van der Waals surface area contributed by atoms with Crippen molar-refractivity contribution in [1.29, 1.82) is 0 Å². The zero-order valence-corrected chi connectivity index (χ0v) is 13.6. The van der Waals surface area contributed by atoms with Gasteiger partial charge in [0.1, 0.15) is 5.15 Å². The monoisotopic (exact) mass is 310 g/mol. The summed E-state index contributed by atoms with van der Waals surface area (Å²) in [6.45, 7) is 8.95. The maximum absolute atomic E-state index is 5.85. The molecule has 0 aliphatic heterocycles. The van der Waals surface area contributed by atoms with Crippen LogP contribution in [0.4, 0.5) is 10.8 Å². The van der Waals surface area contributed by atoms with Gasteiger partial charge in [-0.05, 0) is 32.9 Å². The lowest BCUT2D eigenvalue weighted by molar-refractivity contribution is 0.860. The van der Waals surface area contributed by atoms with Crippen LogP contribution < -0.4 is 10.2 Å². The molecule has 2 rings (SSSR count). The Kier molecular flexibility index (Phi) is 5.20. The Morgan fingerprint density at radius 3 is 2.70 bits per heavy atom. The number of aryl methyl sites for hydroxylation is 1. The minimum absolute atomic E-state index is 0.523. The first-order valence-corrected chi connectivity index (χ1v) is 7.90. The minimum Gasteiger partial charge on any atom is -0.379 e.